The van der Waals surface area contributed by atoms with E-state index in [4.69, 9.17) is 0 Å². The second-order valence-electron chi connectivity index (χ2n) is 4.71. The molecule has 1 heteroatoms. The van der Waals surface area contributed by atoms with Gasteiger partial charge in [-0.05, 0) is 62.9 Å². The lowest BCUT2D eigenvalue weighted by atomic mass is 9.98. The molecular formula is C15H21N. The molecule has 1 heterocycles. The van der Waals surface area contributed by atoms with Gasteiger partial charge < -0.3 is 5.32 Å². The maximum Gasteiger partial charge on any atom is -0.00115 e. The van der Waals surface area contributed by atoms with Crippen molar-refractivity contribution in [3.05, 3.63) is 40.5 Å². The maximum atomic E-state index is 3.45. The summed E-state index contributed by atoms with van der Waals surface area (Å²) in [6, 6.07) is 6.55. The van der Waals surface area contributed by atoms with Crippen molar-refractivity contribution in [2.75, 3.05) is 13.1 Å². The largest absolute Gasteiger partial charge is 0.316 e. The van der Waals surface area contributed by atoms with Gasteiger partial charge in [-0.1, -0.05) is 29.8 Å². The fourth-order valence-electron chi connectivity index (χ4n) is 2.34. The van der Waals surface area contributed by atoms with Crippen molar-refractivity contribution in [1.29, 1.82) is 0 Å². The molecule has 0 aromatic heterocycles. The normalized spacial score (nSPS) is 19.8. The van der Waals surface area contributed by atoms with Gasteiger partial charge in [0.05, 0.1) is 0 Å². The number of nitrogens with one attached hydrogen (secondary N) is 1. The maximum absolute atomic E-state index is 3.45. The summed E-state index contributed by atoms with van der Waals surface area (Å²) < 4.78 is 0. The Morgan fingerprint density at radius 1 is 1.06 bits per heavy atom. The van der Waals surface area contributed by atoms with Gasteiger partial charge in [0.1, 0.15) is 0 Å². The van der Waals surface area contributed by atoms with Gasteiger partial charge >= 0.3 is 0 Å². The molecule has 1 fully saturated rings. The van der Waals surface area contributed by atoms with Crippen molar-refractivity contribution in [1.82, 2.24) is 5.32 Å². The van der Waals surface area contributed by atoms with E-state index in [0.29, 0.717) is 0 Å². The van der Waals surface area contributed by atoms with E-state index in [9.17, 15) is 0 Å². The molecule has 1 aliphatic rings. The molecule has 0 spiro atoms. The van der Waals surface area contributed by atoms with Crippen LogP contribution in [0.3, 0.4) is 0 Å². The summed E-state index contributed by atoms with van der Waals surface area (Å²) in [7, 11) is 0. The van der Waals surface area contributed by atoms with Crippen molar-refractivity contribution in [2.24, 2.45) is 0 Å². The summed E-state index contributed by atoms with van der Waals surface area (Å²) in [6.45, 7) is 6.71. The molecule has 0 aliphatic carbocycles. The molecule has 0 atom stereocenters. The molecule has 1 saturated heterocycles. The van der Waals surface area contributed by atoms with Crippen molar-refractivity contribution in [3.63, 3.8) is 0 Å². The minimum absolute atomic E-state index is 1.14. The predicted molar refractivity (Wildman–Crippen MR) is 70.6 cm³/mol. The molecular weight excluding hydrogens is 194 g/mol. The van der Waals surface area contributed by atoms with Crippen LogP contribution in [-0.4, -0.2) is 13.1 Å². The van der Waals surface area contributed by atoms with Crippen LogP contribution in [0.15, 0.2) is 23.8 Å². The van der Waals surface area contributed by atoms with Crippen molar-refractivity contribution in [2.45, 2.75) is 33.1 Å². The van der Waals surface area contributed by atoms with Gasteiger partial charge in [-0.2, -0.15) is 0 Å². The molecule has 0 bridgehead atoms. The zero-order valence-electron chi connectivity index (χ0n) is 10.3. The van der Waals surface area contributed by atoms with E-state index in [-0.39, 0.29) is 0 Å². The smallest absolute Gasteiger partial charge is 0.00115 e. The number of aryl methyl sites for hydroxylation is 2. The van der Waals surface area contributed by atoms with E-state index in [1.54, 1.807) is 5.57 Å². The lowest BCUT2D eigenvalue weighted by molar-refractivity contribution is 0.703. The van der Waals surface area contributed by atoms with Crippen LogP contribution in [0.5, 0.6) is 0 Å². The quantitative estimate of drug-likeness (QED) is 0.756. The van der Waals surface area contributed by atoms with Crippen LogP contribution in [0.25, 0.3) is 6.08 Å². The Balaban J connectivity index is 2.26. The van der Waals surface area contributed by atoms with E-state index < -0.39 is 0 Å². The Hall–Kier alpha value is -1.08. The van der Waals surface area contributed by atoms with Crippen molar-refractivity contribution >= 4 is 6.08 Å². The topological polar surface area (TPSA) is 12.0 Å². The molecule has 0 saturated carbocycles. The third-order valence-corrected chi connectivity index (χ3v) is 3.36. The second kappa shape index (κ2) is 5.31. The highest BCUT2D eigenvalue weighted by atomic mass is 14.8. The molecule has 16 heavy (non-hydrogen) atoms. The van der Waals surface area contributed by atoms with Crippen LogP contribution >= 0.6 is 0 Å². The van der Waals surface area contributed by atoms with Gasteiger partial charge in [0.15, 0.2) is 0 Å². The Bertz CT molecular complexity index is 360. The van der Waals surface area contributed by atoms with Crippen LogP contribution in [0.4, 0.5) is 0 Å². The van der Waals surface area contributed by atoms with Gasteiger partial charge in [0.25, 0.3) is 0 Å². The van der Waals surface area contributed by atoms with Gasteiger partial charge in [0, 0.05) is 0 Å². The first-order chi connectivity index (χ1) is 7.77. The Morgan fingerprint density at radius 2 is 1.81 bits per heavy atom. The fraction of sp³-hybridized carbons (Fsp3) is 0.467. The average Bonchev–Trinajstić information content (AvgIpc) is 2.52. The molecule has 0 amide bonds. The number of hydrogen-bond donors (Lipinski definition) is 1. The lowest BCUT2D eigenvalue weighted by Crippen LogP contribution is -2.13. The minimum atomic E-state index is 1.14. The van der Waals surface area contributed by atoms with Crippen molar-refractivity contribution in [3.8, 4) is 0 Å². The van der Waals surface area contributed by atoms with Gasteiger partial charge in [-0.25, -0.2) is 0 Å². The second-order valence-corrected chi connectivity index (χ2v) is 4.71. The minimum Gasteiger partial charge on any atom is -0.316 e. The SMILES string of the molecule is Cc1cccc(C)c1/C=C1/CCCNCC1. The number of rotatable bonds is 1. The number of hydrogen-bond acceptors (Lipinski definition) is 1. The Labute approximate surface area is 98.6 Å². The predicted octanol–water partition coefficient (Wildman–Crippen LogP) is 3.46. The lowest BCUT2D eigenvalue weighted by Gasteiger charge is -2.08. The highest BCUT2D eigenvalue weighted by Gasteiger charge is 2.05. The van der Waals surface area contributed by atoms with E-state index in [2.05, 4.69) is 43.4 Å². The van der Waals surface area contributed by atoms with E-state index in [1.165, 1.54) is 42.5 Å². The molecule has 1 N–H and O–H groups in total. The third kappa shape index (κ3) is 2.73. The van der Waals surface area contributed by atoms with E-state index >= 15 is 0 Å². The van der Waals surface area contributed by atoms with Crippen LogP contribution in [0, 0.1) is 13.8 Å². The summed E-state index contributed by atoms with van der Waals surface area (Å²) in [5.74, 6) is 0. The van der Waals surface area contributed by atoms with Gasteiger partial charge in [-0.15, -0.1) is 0 Å². The van der Waals surface area contributed by atoms with E-state index in [1.807, 2.05) is 0 Å². The molecule has 1 nitrogen and oxygen atoms in total. The summed E-state index contributed by atoms with van der Waals surface area (Å²) in [5.41, 5.74) is 5.82. The summed E-state index contributed by atoms with van der Waals surface area (Å²) >= 11 is 0. The number of benzene rings is 1. The van der Waals surface area contributed by atoms with Gasteiger partial charge in [0.2, 0.25) is 0 Å². The molecule has 2 rings (SSSR count). The Kier molecular flexibility index (Phi) is 3.79. The Morgan fingerprint density at radius 3 is 2.56 bits per heavy atom. The summed E-state index contributed by atoms with van der Waals surface area (Å²) in [5, 5.41) is 3.45. The van der Waals surface area contributed by atoms with Crippen LogP contribution in [0.1, 0.15) is 36.0 Å². The molecule has 0 unspecified atom stereocenters. The summed E-state index contributed by atoms with van der Waals surface area (Å²) in [4.78, 5) is 0. The fourth-order valence-corrected chi connectivity index (χ4v) is 2.34. The first kappa shape index (κ1) is 11.4. The highest BCUT2D eigenvalue weighted by molar-refractivity contribution is 5.60. The summed E-state index contributed by atoms with van der Waals surface area (Å²) in [6.07, 6.45) is 6.14. The molecule has 86 valence electrons. The highest BCUT2D eigenvalue weighted by Crippen LogP contribution is 2.21. The average molecular weight is 215 g/mol. The monoisotopic (exact) mass is 215 g/mol. The van der Waals surface area contributed by atoms with Crippen LogP contribution < -0.4 is 5.32 Å². The first-order valence-electron chi connectivity index (χ1n) is 6.24. The molecule has 1 aromatic rings. The zero-order valence-corrected chi connectivity index (χ0v) is 10.3. The molecule has 0 radical (unpaired) electrons. The zero-order chi connectivity index (χ0) is 11.4. The molecule has 1 aliphatic heterocycles. The third-order valence-electron chi connectivity index (χ3n) is 3.36. The standard InChI is InChI=1S/C15H21N/c1-12-5-3-6-13(2)15(12)11-14-7-4-9-16-10-8-14/h3,5-6,11,16H,4,7-10H2,1-2H3/b14-11-. The van der Waals surface area contributed by atoms with Crippen molar-refractivity contribution < 1.29 is 0 Å². The molecule has 1 aromatic carbocycles. The van der Waals surface area contributed by atoms with Crippen LogP contribution in [0.2, 0.25) is 0 Å². The first-order valence-corrected chi connectivity index (χ1v) is 6.24. The van der Waals surface area contributed by atoms with Gasteiger partial charge in [-0.3, -0.25) is 0 Å². The van der Waals surface area contributed by atoms with Crippen LogP contribution in [-0.2, 0) is 0 Å². The van der Waals surface area contributed by atoms with E-state index in [0.717, 1.165) is 6.54 Å².